The third-order valence-electron chi connectivity index (χ3n) is 2.27. The van der Waals surface area contributed by atoms with Crippen LogP contribution in [0.4, 0.5) is 23.7 Å². The van der Waals surface area contributed by atoms with Crippen molar-refractivity contribution in [2.75, 3.05) is 5.32 Å². The van der Waals surface area contributed by atoms with E-state index < -0.39 is 29.8 Å². The maximum atomic E-state index is 12.3. The third-order valence-corrected chi connectivity index (χ3v) is 2.27. The molecule has 0 unspecified atom stereocenters. The molecular weight excluding hydrogens is 295 g/mol. The predicted octanol–water partition coefficient (Wildman–Crippen LogP) is 2.41. The van der Waals surface area contributed by atoms with Crippen molar-refractivity contribution in [1.29, 1.82) is 0 Å². The molecule has 110 valence electrons. The normalized spacial score (nSPS) is 11.2. The lowest BCUT2D eigenvalue weighted by molar-refractivity contribution is -0.159. The summed E-state index contributed by atoms with van der Waals surface area (Å²) in [6.07, 6.45) is -6.12. The van der Waals surface area contributed by atoms with Gasteiger partial charge in [0.25, 0.3) is 0 Å². The number of amides is 1. The lowest BCUT2D eigenvalue weighted by atomic mass is 10.1. The molecule has 10 heteroatoms. The fraction of sp³-hybridized carbons (Fsp3) is 0.0909. The van der Waals surface area contributed by atoms with Crippen LogP contribution in [0.25, 0.3) is 0 Å². The van der Waals surface area contributed by atoms with Crippen LogP contribution in [-0.4, -0.2) is 27.1 Å². The average molecular weight is 301 g/mol. The lowest BCUT2D eigenvalue weighted by Crippen LogP contribution is -2.09. The summed E-state index contributed by atoms with van der Waals surface area (Å²) in [7, 11) is 0. The Bertz CT molecular complexity index is 679. The van der Waals surface area contributed by atoms with E-state index in [4.69, 9.17) is 5.11 Å². The number of carbonyl (C=O) groups is 2. The monoisotopic (exact) mass is 301 g/mol. The number of carboxylic acid groups (broad SMARTS) is 1. The van der Waals surface area contributed by atoms with Crippen molar-refractivity contribution in [2.45, 2.75) is 6.18 Å². The fourth-order valence-corrected chi connectivity index (χ4v) is 1.39. The van der Waals surface area contributed by atoms with Crippen molar-refractivity contribution in [3.63, 3.8) is 0 Å². The van der Waals surface area contributed by atoms with Crippen molar-refractivity contribution in [3.05, 3.63) is 41.5 Å². The summed E-state index contributed by atoms with van der Waals surface area (Å²) in [5, 5.41) is 13.5. The van der Waals surface area contributed by atoms with Gasteiger partial charge in [-0.1, -0.05) is 5.16 Å². The highest BCUT2D eigenvalue weighted by Crippen LogP contribution is 2.27. The number of hydrogen-bond acceptors (Lipinski definition) is 5. The maximum Gasteiger partial charge on any atom is 0.471 e. The molecule has 0 saturated carbocycles. The Morgan fingerprint density at radius 2 is 1.81 bits per heavy atom. The molecule has 0 atom stereocenters. The smallest absolute Gasteiger partial charge is 0.465 e. The van der Waals surface area contributed by atoms with Crippen LogP contribution in [-0.2, 0) is 6.18 Å². The zero-order valence-electron chi connectivity index (χ0n) is 10.0. The maximum absolute atomic E-state index is 12.3. The SMILES string of the molecule is O=C(O)Nc1ccc(C(=O)c2noc(C(F)(F)F)n2)cc1. The fourth-order valence-electron chi connectivity index (χ4n) is 1.39. The Labute approximate surface area is 114 Å². The van der Waals surface area contributed by atoms with Gasteiger partial charge in [0.1, 0.15) is 0 Å². The summed E-state index contributed by atoms with van der Waals surface area (Å²) >= 11 is 0. The zero-order chi connectivity index (χ0) is 15.6. The number of nitrogens with zero attached hydrogens (tertiary/aromatic N) is 2. The predicted molar refractivity (Wildman–Crippen MR) is 60.8 cm³/mol. The van der Waals surface area contributed by atoms with E-state index in [1.807, 2.05) is 5.32 Å². The van der Waals surface area contributed by atoms with Crippen LogP contribution in [0.15, 0.2) is 28.8 Å². The molecule has 0 radical (unpaired) electrons. The van der Waals surface area contributed by atoms with Crippen molar-refractivity contribution in [3.8, 4) is 0 Å². The van der Waals surface area contributed by atoms with Gasteiger partial charge in [0, 0.05) is 11.3 Å². The van der Waals surface area contributed by atoms with Gasteiger partial charge in [-0.3, -0.25) is 10.1 Å². The van der Waals surface area contributed by atoms with E-state index in [-0.39, 0.29) is 11.3 Å². The Morgan fingerprint density at radius 3 is 2.29 bits per heavy atom. The van der Waals surface area contributed by atoms with Gasteiger partial charge in [-0.25, -0.2) is 4.79 Å². The first-order valence-corrected chi connectivity index (χ1v) is 5.33. The number of rotatable bonds is 3. The summed E-state index contributed by atoms with van der Waals surface area (Å²) in [5.41, 5.74) is 0.184. The van der Waals surface area contributed by atoms with E-state index in [9.17, 15) is 22.8 Å². The Hall–Kier alpha value is -2.91. The van der Waals surface area contributed by atoms with Crippen LogP contribution in [0, 0.1) is 0 Å². The first-order chi connectivity index (χ1) is 9.77. The molecule has 2 N–H and O–H groups in total. The van der Waals surface area contributed by atoms with Gasteiger partial charge in [-0.15, -0.1) is 0 Å². The second kappa shape index (κ2) is 5.23. The minimum atomic E-state index is -4.83. The van der Waals surface area contributed by atoms with E-state index >= 15 is 0 Å². The number of aromatic nitrogens is 2. The molecule has 1 aromatic heterocycles. The van der Waals surface area contributed by atoms with Crippen LogP contribution in [0.5, 0.6) is 0 Å². The van der Waals surface area contributed by atoms with Gasteiger partial charge in [-0.05, 0) is 24.3 Å². The summed E-state index contributed by atoms with van der Waals surface area (Å²) in [6.45, 7) is 0. The van der Waals surface area contributed by atoms with Crippen molar-refractivity contribution >= 4 is 17.6 Å². The summed E-state index contributed by atoms with van der Waals surface area (Å²) in [5.74, 6) is -3.23. The molecule has 0 fully saturated rings. The van der Waals surface area contributed by atoms with Crippen LogP contribution >= 0.6 is 0 Å². The van der Waals surface area contributed by atoms with Crippen molar-refractivity contribution < 1.29 is 32.4 Å². The van der Waals surface area contributed by atoms with Crippen molar-refractivity contribution in [2.24, 2.45) is 0 Å². The number of benzene rings is 1. The molecule has 1 amide bonds. The molecule has 21 heavy (non-hydrogen) atoms. The van der Waals surface area contributed by atoms with E-state index in [1.54, 1.807) is 0 Å². The van der Waals surface area contributed by atoms with Gasteiger partial charge in [0.2, 0.25) is 11.6 Å². The van der Waals surface area contributed by atoms with Gasteiger partial charge in [0.15, 0.2) is 0 Å². The first kappa shape index (κ1) is 14.5. The van der Waals surface area contributed by atoms with E-state index in [0.717, 1.165) is 0 Å². The van der Waals surface area contributed by atoms with E-state index in [0.29, 0.717) is 0 Å². The minimum absolute atomic E-state index is 0.0135. The molecule has 2 rings (SSSR count). The molecule has 0 aliphatic heterocycles. The quantitative estimate of drug-likeness (QED) is 0.843. The number of hydrogen-bond donors (Lipinski definition) is 2. The number of carbonyl (C=O) groups excluding carboxylic acids is 1. The molecule has 0 spiro atoms. The second-order valence-electron chi connectivity index (χ2n) is 3.76. The highest BCUT2D eigenvalue weighted by Gasteiger charge is 2.39. The lowest BCUT2D eigenvalue weighted by Gasteiger charge is -2.01. The second-order valence-corrected chi connectivity index (χ2v) is 3.76. The standard InChI is InChI=1S/C11H6F3N3O4/c12-11(13,14)9-16-8(17-21-9)7(18)5-1-3-6(4-2-5)15-10(19)20/h1-4,15H,(H,19,20). The Balaban J connectivity index is 2.20. The molecule has 1 aromatic carbocycles. The first-order valence-electron chi connectivity index (χ1n) is 5.33. The topological polar surface area (TPSA) is 105 Å². The van der Waals surface area contributed by atoms with Crippen LogP contribution in [0.1, 0.15) is 22.1 Å². The van der Waals surface area contributed by atoms with Crippen LogP contribution < -0.4 is 5.32 Å². The molecule has 7 nitrogen and oxygen atoms in total. The van der Waals surface area contributed by atoms with Gasteiger partial charge in [0.05, 0.1) is 0 Å². The summed E-state index contributed by atoms with van der Waals surface area (Å²) < 4.78 is 40.8. The molecule has 0 bridgehead atoms. The molecule has 0 aliphatic carbocycles. The molecular formula is C11H6F3N3O4. The summed E-state index contributed by atoms with van der Waals surface area (Å²) in [6, 6.07) is 4.98. The van der Waals surface area contributed by atoms with E-state index in [2.05, 4.69) is 14.7 Å². The average Bonchev–Trinajstić information content (AvgIpc) is 2.87. The molecule has 0 saturated heterocycles. The number of anilines is 1. The highest BCUT2D eigenvalue weighted by molar-refractivity contribution is 6.06. The van der Waals surface area contributed by atoms with E-state index in [1.165, 1.54) is 24.3 Å². The zero-order valence-corrected chi connectivity index (χ0v) is 10.0. The van der Waals surface area contributed by atoms with Crippen LogP contribution in [0.3, 0.4) is 0 Å². The number of alkyl halides is 3. The van der Waals surface area contributed by atoms with Crippen molar-refractivity contribution in [1.82, 2.24) is 10.1 Å². The largest absolute Gasteiger partial charge is 0.471 e. The highest BCUT2D eigenvalue weighted by atomic mass is 19.4. The van der Waals surface area contributed by atoms with Gasteiger partial charge >= 0.3 is 18.2 Å². The van der Waals surface area contributed by atoms with Crippen LogP contribution in [0.2, 0.25) is 0 Å². The summed E-state index contributed by atoms with van der Waals surface area (Å²) in [4.78, 5) is 25.2. The molecule has 0 aliphatic rings. The van der Waals surface area contributed by atoms with Gasteiger partial charge < -0.3 is 9.63 Å². The number of nitrogens with one attached hydrogen (secondary N) is 1. The third kappa shape index (κ3) is 3.35. The molecule has 1 heterocycles. The van der Waals surface area contributed by atoms with Gasteiger partial charge in [-0.2, -0.15) is 18.2 Å². The minimum Gasteiger partial charge on any atom is -0.465 e. The number of halogens is 3. The Morgan fingerprint density at radius 1 is 1.19 bits per heavy atom. The number of ketones is 1. The Kier molecular flexibility index (Phi) is 3.61. The molecule has 2 aromatic rings.